The first-order valence-electron chi connectivity index (χ1n) is 6.41. The monoisotopic (exact) mass is 250 g/mol. The Kier molecular flexibility index (Phi) is 2.74. The van der Waals surface area contributed by atoms with Gasteiger partial charge >= 0.3 is 0 Å². The van der Waals surface area contributed by atoms with Gasteiger partial charge in [0.15, 0.2) is 5.69 Å². The topological polar surface area (TPSA) is 84.2 Å². The van der Waals surface area contributed by atoms with Gasteiger partial charge < -0.3 is 15.4 Å². The summed E-state index contributed by atoms with van der Waals surface area (Å²) in [5.41, 5.74) is 7.43. The standard InChI is InChI=1S/C12H18N4O2/c1-7-10(13)11(15-14-7)12(17)16-5-6-18-9-4-2-3-8(9)16/h8-9H,2-6,13H2,1H3,(H,14,15). The number of anilines is 1. The summed E-state index contributed by atoms with van der Waals surface area (Å²) >= 11 is 0. The van der Waals surface area contributed by atoms with Gasteiger partial charge in [0.25, 0.3) is 5.91 Å². The summed E-state index contributed by atoms with van der Waals surface area (Å²) in [7, 11) is 0. The molecule has 1 aliphatic heterocycles. The zero-order valence-electron chi connectivity index (χ0n) is 10.5. The quantitative estimate of drug-likeness (QED) is 0.768. The SMILES string of the molecule is Cc1[nH]nc(C(=O)N2CCOC3CCCC32)c1N. The Bertz CT molecular complexity index is 471. The van der Waals surface area contributed by atoms with Crippen LogP contribution in [0.25, 0.3) is 0 Å². The van der Waals surface area contributed by atoms with Gasteiger partial charge in [0.05, 0.1) is 30.1 Å². The molecule has 3 rings (SSSR count). The molecule has 2 atom stereocenters. The second kappa shape index (κ2) is 4.28. The number of carbonyl (C=O) groups excluding carboxylic acids is 1. The molecule has 0 aromatic carbocycles. The second-order valence-electron chi connectivity index (χ2n) is 5.02. The lowest BCUT2D eigenvalue weighted by molar-refractivity contribution is -0.0446. The van der Waals surface area contributed by atoms with Crippen LogP contribution in [0, 0.1) is 6.92 Å². The largest absolute Gasteiger partial charge is 0.395 e. The van der Waals surface area contributed by atoms with Gasteiger partial charge in [-0.05, 0) is 26.2 Å². The first-order chi connectivity index (χ1) is 8.68. The molecular weight excluding hydrogens is 232 g/mol. The molecular formula is C12H18N4O2. The maximum Gasteiger partial charge on any atom is 0.276 e. The number of aromatic nitrogens is 2. The van der Waals surface area contributed by atoms with E-state index >= 15 is 0 Å². The predicted molar refractivity (Wildman–Crippen MR) is 66.2 cm³/mol. The van der Waals surface area contributed by atoms with Crippen LogP contribution in [-0.4, -0.2) is 46.3 Å². The first-order valence-corrected chi connectivity index (χ1v) is 6.41. The highest BCUT2D eigenvalue weighted by Crippen LogP contribution is 2.31. The summed E-state index contributed by atoms with van der Waals surface area (Å²) in [5, 5.41) is 6.79. The molecule has 1 aromatic rings. The van der Waals surface area contributed by atoms with E-state index in [2.05, 4.69) is 10.2 Å². The van der Waals surface area contributed by atoms with Crippen molar-refractivity contribution < 1.29 is 9.53 Å². The fourth-order valence-electron chi connectivity index (χ4n) is 2.91. The van der Waals surface area contributed by atoms with Gasteiger partial charge in [0.2, 0.25) is 0 Å². The van der Waals surface area contributed by atoms with E-state index < -0.39 is 0 Å². The van der Waals surface area contributed by atoms with Crippen molar-refractivity contribution in [3.05, 3.63) is 11.4 Å². The van der Waals surface area contributed by atoms with E-state index in [0.29, 0.717) is 24.5 Å². The minimum atomic E-state index is -0.0722. The molecule has 2 heterocycles. The molecule has 0 radical (unpaired) electrons. The van der Waals surface area contributed by atoms with E-state index in [4.69, 9.17) is 10.5 Å². The zero-order valence-corrected chi connectivity index (χ0v) is 10.5. The highest BCUT2D eigenvalue weighted by atomic mass is 16.5. The van der Waals surface area contributed by atoms with E-state index in [1.165, 1.54) is 0 Å². The number of nitrogens with two attached hydrogens (primary N) is 1. The molecule has 2 unspecified atom stereocenters. The molecule has 1 amide bonds. The minimum absolute atomic E-state index is 0.0722. The van der Waals surface area contributed by atoms with E-state index in [0.717, 1.165) is 25.0 Å². The maximum absolute atomic E-state index is 12.5. The Labute approximate surface area is 105 Å². The number of hydrogen-bond donors (Lipinski definition) is 2. The fourth-order valence-corrected chi connectivity index (χ4v) is 2.91. The molecule has 2 aliphatic rings. The average molecular weight is 250 g/mol. The molecule has 3 N–H and O–H groups in total. The van der Waals surface area contributed by atoms with E-state index in [-0.39, 0.29) is 18.1 Å². The number of ether oxygens (including phenoxy) is 1. The van der Waals surface area contributed by atoms with Gasteiger partial charge in [-0.1, -0.05) is 0 Å². The zero-order chi connectivity index (χ0) is 12.7. The van der Waals surface area contributed by atoms with Crippen LogP contribution in [-0.2, 0) is 4.74 Å². The third kappa shape index (κ3) is 1.68. The molecule has 1 aliphatic carbocycles. The van der Waals surface area contributed by atoms with Crippen LogP contribution in [0.3, 0.4) is 0 Å². The van der Waals surface area contributed by atoms with Crippen molar-refractivity contribution in [3.63, 3.8) is 0 Å². The third-order valence-electron chi connectivity index (χ3n) is 3.94. The number of fused-ring (bicyclic) bond motifs is 1. The molecule has 1 saturated heterocycles. The Morgan fingerprint density at radius 2 is 2.39 bits per heavy atom. The Balaban J connectivity index is 1.85. The van der Waals surface area contributed by atoms with Crippen LogP contribution in [0.2, 0.25) is 0 Å². The normalized spacial score (nSPS) is 27.3. The number of nitrogen functional groups attached to an aromatic ring is 1. The molecule has 1 saturated carbocycles. The molecule has 18 heavy (non-hydrogen) atoms. The van der Waals surface area contributed by atoms with Crippen molar-refractivity contribution in [1.82, 2.24) is 15.1 Å². The Morgan fingerprint density at radius 1 is 1.56 bits per heavy atom. The number of carbonyl (C=O) groups is 1. The van der Waals surface area contributed by atoms with Gasteiger partial charge in [-0.15, -0.1) is 0 Å². The molecule has 98 valence electrons. The minimum Gasteiger partial charge on any atom is -0.395 e. The van der Waals surface area contributed by atoms with Crippen molar-refractivity contribution >= 4 is 11.6 Å². The average Bonchev–Trinajstić information content (AvgIpc) is 2.96. The van der Waals surface area contributed by atoms with Crippen molar-refractivity contribution in [2.45, 2.75) is 38.3 Å². The van der Waals surface area contributed by atoms with Crippen LogP contribution < -0.4 is 5.73 Å². The van der Waals surface area contributed by atoms with Gasteiger partial charge in [-0.25, -0.2) is 0 Å². The summed E-state index contributed by atoms with van der Waals surface area (Å²) in [6.45, 7) is 3.05. The summed E-state index contributed by atoms with van der Waals surface area (Å²) in [6, 6.07) is 0.197. The van der Waals surface area contributed by atoms with E-state index in [1.54, 1.807) is 0 Å². The number of aryl methyl sites for hydroxylation is 1. The first kappa shape index (κ1) is 11.5. The molecule has 0 bridgehead atoms. The van der Waals surface area contributed by atoms with E-state index in [1.807, 2.05) is 11.8 Å². The highest BCUT2D eigenvalue weighted by Gasteiger charge is 2.39. The number of aromatic amines is 1. The van der Waals surface area contributed by atoms with Crippen LogP contribution in [0.4, 0.5) is 5.69 Å². The number of amides is 1. The second-order valence-corrected chi connectivity index (χ2v) is 5.02. The number of rotatable bonds is 1. The number of nitrogens with one attached hydrogen (secondary N) is 1. The van der Waals surface area contributed by atoms with Crippen molar-refractivity contribution in [3.8, 4) is 0 Å². The number of hydrogen-bond acceptors (Lipinski definition) is 4. The summed E-state index contributed by atoms with van der Waals surface area (Å²) in [6.07, 6.45) is 3.38. The predicted octanol–water partition coefficient (Wildman–Crippen LogP) is 0.694. The van der Waals surface area contributed by atoms with Crippen molar-refractivity contribution in [2.75, 3.05) is 18.9 Å². The lowest BCUT2D eigenvalue weighted by atomic mass is 10.1. The van der Waals surface area contributed by atoms with Gasteiger partial charge in [0.1, 0.15) is 0 Å². The Hall–Kier alpha value is -1.56. The maximum atomic E-state index is 12.5. The highest BCUT2D eigenvalue weighted by molar-refractivity contribution is 5.97. The van der Waals surface area contributed by atoms with Crippen LogP contribution >= 0.6 is 0 Å². The van der Waals surface area contributed by atoms with Crippen LogP contribution in [0.15, 0.2) is 0 Å². The summed E-state index contributed by atoms with van der Waals surface area (Å²) < 4.78 is 5.70. The van der Waals surface area contributed by atoms with Crippen LogP contribution in [0.5, 0.6) is 0 Å². The van der Waals surface area contributed by atoms with Crippen LogP contribution in [0.1, 0.15) is 35.4 Å². The molecule has 6 heteroatoms. The third-order valence-corrected chi connectivity index (χ3v) is 3.94. The smallest absolute Gasteiger partial charge is 0.276 e. The van der Waals surface area contributed by atoms with Gasteiger partial charge in [-0.3, -0.25) is 9.89 Å². The van der Waals surface area contributed by atoms with Crippen molar-refractivity contribution in [1.29, 1.82) is 0 Å². The summed E-state index contributed by atoms with van der Waals surface area (Å²) in [4.78, 5) is 14.4. The molecule has 2 fully saturated rings. The molecule has 0 spiro atoms. The Morgan fingerprint density at radius 3 is 3.11 bits per heavy atom. The lowest BCUT2D eigenvalue weighted by Crippen LogP contribution is -2.51. The molecule has 1 aromatic heterocycles. The van der Waals surface area contributed by atoms with Gasteiger partial charge in [-0.2, -0.15) is 5.10 Å². The van der Waals surface area contributed by atoms with Crippen molar-refractivity contribution in [2.24, 2.45) is 0 Å². The number of H-pyrrole nitrogens is 1. The fraction of sp³-hybridized carbons (Fsp3) is 0.667. The number of morpholine rings is 1. The lowest BCUT2D eigenvalue weighted by Gasteiger charge is -2.37. The number of nitrogens with zero attached hydrogens (tertiary/aromatic N) is 2. The van der Waals surface area contributed by atoms with E-state index in [9.17, 15) is 4.79 Å². The van der Waals surface area contributed by atoms with Gasteiger partial charge in [0, 0.05) is 6.54 Å². The molecule has 6 nitrogen and oxygen atoms in total. The summed E-state index contributed by atoms with van der Waals surface area (Å²) in [5.74, 6) is -0.0722.